The normalized spacial score (nSPS) is 10.5. The fraction of sp³-hybridized carbons (Fsp3) is 0.375. The summed E-state index contributed by atoms with van der Waals surface area (Å²) in [5.41, 5.74) is 3.31. The molecular formula is C16H21N3. The van der Waals surface area contributed by atoms with E-state index in [2.05, 4.69) is 48.2 Å². The van der Waals surface area contributed by atoms with Crippen LogP contribution < -0.4 is 5.32 Å². The molecule has 1 aromatic carbocycles. The van der Waals surface area contributed by atoms with E-state index in [0.29, 0.717) is 0 Å². The molecule has 0 atom stereocenters. The lowest BCUT2D eigenvalue weighted by Gasteiger charge is -2.13. The fourth-order valence-corrected chi connectivity index (χ4v) is 2.01. The Morgan fingerprint density at radius 1 is 1.05 bits per heavy atom. The number of anilines is 1. The standard InChI is InChI=1S/C16H21N3/c1-4-11-17-16-12(3)15(18-14(5-2)19-16)13-9-7-6-8-10-13/h6-10H,4-5,11H2,1-3H3,(H,17,18,19). The van der Waals surface area contributed by atoms with E-state index in [1.807, 2.05) is 18.2 Å². The summed E-state index contributed by atoms with van der Waals surface area (Å²) in [4.78, 5) is 9.27. The summed E-state index contributed by atoms with van der Waals surface area (Å²) >= 11 is 0. The molecule has 1 N–H and O–H groups in total. The van der Waals surface area contributed by atoms with Gasteiger partial charge in [0.25, 0.3) is 0 Å². The average molecular weight is 255 g/mol. The van der Waals surface area contributed by atoms with E-state index >= 15 is 0 Å². The maximum Gasteiger partial charge on any atom is 0.133 e. The largest absolute Gasteiger partial charge is 0.370 e. The van der Waals surface area contributed by atoms with E-state index in [4.69, 9.17) is 0 Å². The number of aryl methyl sites for hydroxylation is 1. The van der Waals surface area contributed by atoms with Crippen molar-refractivity contribution in [1.29, 1.82) is 0 Å². The highest BCUT2D eigenvalue weighted by Gasteiger charge is 2.11. The molecule has 3 heteroatoms. The first kappa shape index (κ1) is 13.5. The number of benzene rings is 1. The summed E-state index contributed by atoms with van der Waals surface area (Å²) in [7, 11) is 0. The predicted octanol–water partition coefficient (Wildman–Crippen LogP) is 3.84. The highest BCUT2D eigenvalue weighted by Crippen LogP contribution is 2.25. The molecular weight excluding hydrogens is 234 g/mol. The molecule has 1 aromatic heterocycles. The van der Waals surface area contributed by atoms with Crippen molar-refractivity contribution in [2.45, 2.75) is 33.6 Å². The van der Waals surface area contributed by atoms with Gasteiger partial charge in [0.1, 0.15) is 11.6 Å². The van der Waals surface area contributed by atoms with Gasteiger partial charge in [-0.3, -0.25) is 0 Å². The molecule has 0 aliphatic rings. The number of aromatic nitrogens is 2. The number of hydrogen-bond acceptors (Lipinski definition) is 3. The Balaban J connectivity index is 2.47. The molecule has 1 heterocycles. The van der Waals surface area contributed by atoms with Gasteiger partial charge in [0.05, 0.1) is 5.69 Å². The molecule has 0 saturated heterocycles. The number of rotatable bonds is 5. The summed E-state index contributed by atoms with van der Waals surface area (Å²) < 4.78 is 0. The van der Waals surface area contributed by atoms with E-state index in [-0.39, 0.29) is 0 Å². The molecule has 0 aliphatic carbocycles. The maximum atomic E-state index is 4.68. The van der Waals surface area contributed by atoms with Crippen molar-refractivity contribution in [3.05, 3.63) is 41.7 Å². The van der Waals surface area contributed by atoms with Crippen molar-refractivity contribution in [1.82, 2.24) is 9.97 Å². The average Bonchev–Trinajstić information content (AvgIpc) is 2.47. The Kier molecular flexibility index (Phi) is 4.50. The second-order valence-corrected chi connectivity index (χ2v) is 4.61. The van der Waals surface area contributed by atoms with Crippen LogP contribution in [0.15, 0.2) is 30.3 Å². The van der Waals surface area contributed by atoms with Crippen molar-refractivity contribution in [3.63, 3.8) is 0 Å². The van der Waals surface area contributed by atoms with E-state index in [9.17, 15) is 0 Å². The lowest BCUT2D eigenvalue weighted by molar-refractivity contribution is 0.911. The third kappa shape index (κ3) is 3.11. The first-order valence-electron chi connectivity index (χ1n) is 6.93. The first-order chi connectivity index (χ1) is 9.26. The first-order valence-corrected chi connectivity index (χ1v) is 6.93. The highest BCUT2D eigenvalue weighted by molar-refractivity contribution is 5.68. The van der Waals surface area contributed by atoms with Crippen LogP contribution in [0.1, 0.15) is 31.7 Å². The third-order valence-electron chi connectivity index (χ3n) is 3.10. The van der Waals surface area contributed by atoms with Gasteiger partial charge in [0, 0.05) is 24.1 Å². The molecule has 100 valence electrons. The Morgan fingerprint density at radius 2 is 1.79 bits per heavy atom. The third-order valence-corrected chi connectivity index (χ3v) is 3.10. The molecule has 0 radical (unpaired) electrons. The molecule has 2 rings (SSSR count). The Morgan fingerprint density at radius 3 is 2.42 bits per heavy atom. The lowest BCUT2D eigenvalue weighted by atomic mass is 10.1. The van der Waals surface area contributed by atoms with Crippen molar-refractivity contribution in [2.75, 3.05) is 11.9 Å². The van der Waals surface area contributed by atoms with Crippen LogP contribution >= 0.6 is 0 Å². The van der Waals surface area contributed by atoms with Gasteiger partial charge >= 0.3 is 0 Å². The Hall–Kier alpha value is -1.90. The van der Waals surface area contributed by atoms with Gasteiger partial charge < -0.3 is 5.32 Å². The minimum atomic E-state index is 0.848. The summed E-state index contributed by atoms with van der Waals surface area (Å²) in [5.74, 6) is 1.86. The Bertz CT molecular complexity index is 535. The van der Waals surface area contributed by atoms with Gasteiger partial charge in [-0.2, -0.15) is 0 Å². The van der Waals surface area contributed by atoms with E-state index in [1.54, 1.807) is 0 Å². The molecule has 0 aliphatic heterocycles. The SMILES string of the molecule is CCCNc1nc(CC)nc(-c2ccccc2)c1C. The van der Waals surface area contributed by atoms with Crippen LogP contribution in [0.3, 0.4) is 0 Å². The topological polar surface area (TPSA) is 37.8 Å². The van der Waals surface area contributed by atoms with Crippen LogP contribution in [0.5, 0.6) is 0 Å². The van der Waals surface area contributed by atoms with E-state index in [1.165, 1.54) is 0 Å². The van der Waals surface area contributed by atoms with Gasteiger partial charge in [-0.15, -0.1) is 0 Å². The lowest BCUT2D eigenvalue weighted by Crippen LogP contribution is -2.08. The van der Waals surface area contributed by atoms with E-state index in [0.717, 1.165) is 47.8 Å². The van der Waals surface area contributed by atoms with Gasteiger partial charge in [0.15, 0.2) is 0 Å². The molecule has 3 nitrogen and oxygen atoms in total. The van der Waals surface area contributed by atoms with E-state index < -0.39 is 0 Å². The zero-order chi connectivity index (χ0) is 13.7. The monoisotopic (exact) mass is 255 g/mol. The van der Waals surface area contributed by atoms with Crippen molar-refractivity contribution >= 4 is 5.82 Å². The fourth-order valence-electron chi connectivity index (χ4n) is 2.01. The van der Waals surface area contributed by atoms with Crippen molar-refractivity contribution in [3.8, 4) is 11.3 Å². The van der Waals surface area contributed by atoms with Gasteiger partial charge in [-0.05, 0) is 13.3 Å². The smallest absolute Gasteiger partial charge is 0.133 e. The zero-order valence-electron chi connectivity index (χ0n) is 11.9. The molecule has 0 saturated carbocycles. The minimum Gasteiger partial charge on any atom is -0.370 e. The van der Waals surface area contributed by atoms with Crippen LogP contribution in [0.2, 0.25) is 0 Å². The molecule has 0 unspecified atom stereocenters. The van der Waals surface area contributed by atoms with Crippen LogP contribution in [-0.2, 0) is 6.42 Å². The van der Waals surface area contributed by atoms with Crippen LogP contribution in [0.25, 0.3) is 11.3 Å². The summed E-state index contributed by atoms with van der Waals surface area (Å²) in [6.07, 6.45) is 1.94. The van der Waals surface area contributed by atoms with Gasteiger partial charge in [-0.1, -0.05) is 44.2 Å². The maximum absolute atomic E-state index is 4.68. The van der Waals surface area contributed by atoms with Gasteiger partial charge in [-0.25, -0.2) is 9.97 Å². The minimum absolute atomic E-state index is 0.848. The number of hydrogen-bond donors (Lipinski definition) is 1. The summed E-state index contributed by atoms with van der Waals surface area (Å²) in [6, 6.07) is 10.3. The van der Waals surface area contributed by atoms with Crippen LogP contribution in [0.4, 0.5) is 5.82 Å². The molecule has 2 aromatic rings. The van der Waals surface area contributed by atoms with Crippen LogP contribution in [0, 0.1) is 6.92 Å². The predicted molar refractivity (Wildman–Crippen MR) is 80.4 cm³/mol. The number of nitrogens with one attached hydrogen (secondary N) is 1. The second-order valence-electron chi connectivity index (χ2n) is 4.61. The van der Waals surface area contributed by atoms with Gasteiger partial charge in [0.2, 0.25) is 0 Å². The Labute approximate surface area is 115 Å². The molecule has 19 heavy (non-hydrogen) atoms. The highest BCUT2D eigenvalue weighted by atomic mass is 15.0. The number of nitrogens with zero attached hydrogens (tertiary/aromatic N) is 2. The molecule has 0 amide bonds. The van der Waals surface area contributed by atoms with Crippen molar-refractivity contribution < 1.29 is 0 Å². The molecule has 0 bridgehead atoms. The molecule has 0 spiro atoms. The van der Waals surface area contributed by atoms with Crippen molar-refractivity contribution in [2.24, 2.45) is 0 Å². The zero-order valence-corrected chi connectivity index (χ0v) is 11.9. The second kappa shape index (κ2) is 6.32. The molecule has 0 fully saturated rings. The van der Waals surface area contributed by atoms with Crippen LogP contribution in [-0.4, -0.2) is 16.5 Å². The quantitative estimate of drug-likeness (QED) is 0.882. The summed E-state index contributed by atoms with van der Waals surface area (Å²) in [5, 5.41) is 3.40. The summed E-state index contributed by atoms with van der Waals surface area (Å²) in [6.45, 7) is 7.26.